The van der Waals surface area contributed by atoms with E-state index in [4.69, 9.17) is 9.84 Å². The van der Waals surface area contributed by atoms with Crippen LogP contribution in [0.1, 0.15) is 29.3 Å². The number of nitrogens with one attached hydrogen (secondary N) is 1. The quantitative estimate of drug-likeness (QED) is 0.719. The van der Waals surface area contributed by atoms with E-state index in [-0.39, 0.29) is 18.1 Å². The Morgan fingerprint density at radius 2 is 1.94 bits per heavy atom. The standard InChI is InChI=1S/C13H17NO4/c1-2-7-18-9-12(15)14-8-10-3-5-11(6-4-10)13(16)17/h3-6H,2,7-9H2,1H3,(H,14,15)(H,16,17). The van der Waals surface area contributed by atoms with Gasteiger partial charge in [-0.3, -0.25) is 4.79 Å². The van der Waals surface area contributed by atoms with Crippen LogP contribution in [0.5, 0.6) is 0 Å². The molecule has 0 aliphatic rings. The molecule has 1 aromatic rings. The topological polar surface area (TPSA) is 75.6 Å². The van der Waals surface area contributed by atoms with Crippen LogP contribution in [0.4, 0.5) is 0 Å². The van der Waals surface area contributed by atoms with Gasteiger partial charge in [-0.15, -0.1) is 0 Å². The van der Waals surface area contributed by atoms with Crippen molar-refractivity contribution in [1.82, 2.24) is 5.32 Å². The zero-order valence-corrected chi connectivity index (χ0v) is 10.3. The van der Waals surface area contributed by atoms with Gasteiger partial charge in [-0.05, 0) is 24.1 Å². The molecule has 5 nitrogen and oxygen atoms in total. The Labute approximate surface area is 106 Å². The third-order valence-corrected chi connectivity index (χ3v) is 2.27. The Morgan fingerprint density at radius 1 is 1.28 bits per heavy atom. The SMILES string of the molecule is CCCOCC(=O)NCc1ccc(C(=O)O)cc1. The maximum absolute atomic E-state index is 11.3. The summed E-state index contributed by atoms with van der Waals surface area (Å²) >= 11 is 0. The Bertz CT molecular complexity index is 400. The molecule has 0 atom stereocenters. The number of ether oxygens (including phenoxy) is 1. The van der Waals surface area contributed by atoms with Crippen LogP contribution < -0.4 is 5.32 Å². The van der Waals surface area contributed by atoms with Gasteiger partial charge < -0.3 is 15.2 Å². The zero-order chi connectivity index (χ0) is 13.4. The zero-order valence-electron chi connectivity index (χ0n) is 10.3. The second-order valence-corrected chi connectivity index (χ2v) is 3.83. The number of hydrogen-bond acceptors (Lipinski definition) is 3. The van der Waals surface area contributed by atoms with Crippen molar-refractivity contribution in [1.29, 1.82) is 0 Å². The summed E-state index contributed by atoms with van der Waals surface area (Å²) in [6.07, 6.45) is 0.879. The van der Waals surface area contributed by atoms with E-state index >= 15 is 0 Å². The lowest BCUT2D eigenvalue weighted by Gasteiger charge is -2.06. The average molecular weight is 251 g/mol. The number of rotatable bonds is 7. The Balaban J connectivity index is 2.34. The van der Waals surface area contributed by atoms with E-state index in [1.807, 2.05) is 6.92 Å². The molecule has 0 aliphatic heterocycles. The first-order chi connectivity index (χ1) is 8.63. The first kappa shape index (κ1) is 14.2. The lowest BCUT2D eigenvalue weighted by Crippen LogP contribution is -2.27. The number of carbonyl (C=O) groups excluding carboxylic acids is 1. The van der Waals surface area contributed by atoms with Crippen LogP contribution in [-0.2, 0) is 16.1 Å². The second kappa shape index (κ2) is 7.45. The van der Waals surface area contributed by atoms with E-state index in [1.165, 1.54) is 12.1 Å². The van der Waals surface area contributed by atoms with Gasteiger partial charge in [0.2, 0.25) is 5.91 Å². The maximum Gasteiger partial charge on any atom is 0.335 e. The number of aromatic carboxylic acids is 1. The third-order valence-electron chi connectivity index (χ3n) is 2.27. The van der Waals surface area contributed by atoms with Crippen LogP contribution in [0.25, 0.3) is 0 Å². The Hall–Kier alpha value is -1.88. The fourth-order valence-corrected chi connectivity index (χ4v) is 1.33. The highest BCUT2D eigenvalue weighted by Crippen LogP contribution is 2.04. The number of amides is 1. The van der Waals surface area contributed by atoms with Crippen molar-refractivity contribution < 1.29 is 19.4 Å². The normalized spacial score (nSPS) is 10.1. The van der Waals surface area contributed by atoms with Gasteiger partial charge in [0.15, 0.2) is 0 Å². The largest absolute Gasteiger partial charge is 0.478 e. The molecule has 0 aromatic heterocycles. The van der Waals surface area contributed by atoms with E-state index in [2.05, 4.69) is 5.32 Å². The first-order valence-corrected chi connectivity index (χ1v) is 5.80. The fourth-order valence-electron chi connectivity index (χ4n) is 1.33. The predicted octanol–water partition coefficient (Wildman–Crippen LogP) is 1.43. The molecule has 0 fully saturated rings. The summed E-state index contributed by atoms with van der Waals surface area (Å²) in [6.45, 7) is 2.97. The summed E-state index contributed by atoms with van der Waals surface area (Å²) in [4.78, 5) is 22.0. The first-order valence-electron chi connectivity index (χ1n) is 5.80. The predicted molar refractivity (Wildman–Crippen MR) is 66.4 cm³/mol. The van der Waals surface area contributed by atoms with E-state index in [0.717, 1.165) is 12.0 Å². The molecule has 1 aromatic carbocycles. The van der Waals surface area contributed by atoms with E-state index in [9.17, 15) is 9.59 Å². The van der Waals surface area contributed by atoms with Crippen LogP contribution in [0.15, 0.2) is 24.3 Å². The molecule has 0 spiro atoms. The van der Waals surface area contributed by atoms with E-state index in [1.54, 1.807) is 12.1 Å². The van der Waals surface area contributed by atoms with Crippen molar-refractivity contribution in [2.45, 2.75) is 19.9 Å². The van der Waals surface area contributed by atoms with Crippen molar-refractivity contribution in [3.05, 3.63) is 35.4 Å². The van der Waals surface area contributed by atoms with Gasteiger partial charge in [0.1, 0.15) is 6.61 Å². The van der Waals surface area contributed by atoms with Gasteiger partial charge in [-0.25, -0.2) is 4.79 Å². The molecule has 2 N–H and O–H groups in total. The van der Waals surface area contributed by atoms with Crippen LogP contribution in [0.2, 0.25) is 0 Å². The fraction of sp³-hybridized carbons (Fsp3) is 0.385. The van der Waals surface area contributed by atoms with E-state index in [0.29, 0.717) is 13.2 Å². The molecule has 0 bridgehead atoms. The summed E-state index contributed by atoms with van der Waals surface area (Å²) in [5, 5.41) is 11.4. The highest BCUT2D eigenvalue weighted by molar-refractivity contribution is 5.87. The minimum atomic E-state index is -0.960. The molecule has 0 heterocycles. The smallest absolute Gasteiger partial charge is 0.335 e. The molecule has 0 saturated heterocycles. The lowest BCUT2D eigenvalue weighted by atomic mass is 10.1. The third kappa shape index (κ3) is 4.97. The molecule has 0 unspecified atom stereocenters. The van der Waals surface area contributed by atoms with Gasteiger partial charge in [-0.2, -0.15) is 0 Å². The highest BCUT2D eigenvalue weighted by Gasteiger charge is 2.03. The molecule has 0 aliphatic carbocycles. The molecule has 18 heavy (non-hydrogen) atoms. The van der Waals surface area contributed by atoms with Crippen molar-refractivity contribution in [2.75, 3.05) is 13.2 Å². The monoisotopic (exact) mass is 251 g/mol. The number of hydrogen-bond donors (Lipinski definition) is 2. The average Bonchev–Trinajstić information content (AvgIpc) is 2.37. The van der Waals surface area contributed by atoms with Gasteiger partial charge in [0.25, 0.3) is 0 Å². The molecule has 1 rings (SSSR count). The number of carboxylic acid groups (broad SMARTS) is 1. The summed E-state index contributed by atoms with van der Waals surface area (Å²) in [5.74, 6) is -1.13. The summed E-state index contributed by atoms with van der Waals surface area (Å²) < 4.78 is 5.09. The van der Waals surface area contributed by atoms with Crippen molar-refractivity contribution in [2.24, 2.45) is 0 Å². The van der Waals surface area contributed by atoms with Crippen molar-refractivity contribution in [3.8, 4) is 0 Å². The molecule has 1 amide bonds. The molecular weight excluding hydrogens is 234 g/mol. The molecular formula is C13H17NO4. The van der Waals surface area contributed by atoms with Crippen LogP contribution in [0.3, 0.4) is 0 Å². The van der Waals surface area contributed by atoms with Crippen LogP contribution >= 0.6 is 0 Å². The Kier molecular flexibility index (Phi) is 5.87. The van der Waals surface area contributed by atoms with Crippen LogP contribution in [0, 0.1) is 0 Å². The van der Waals surface area contributed by atoms with Gasteiger partial charge in [0.05, 0.1) is 5.56 Å². The van der Waals surface area contributed by atoms with E-state index < -0.39 is 5.97 Å². The maximum atomic E-state index is 11.3. The lowest BCUT2D eigenvalue weighted by molar-refractivity contribution is -0.125. The number of benzene rings is 1. The number of carbonyl (C=O) groups is 2. The highest BCUT2D eigenvalue weighted by atomic mass is 16.5. The molecule has 0 radical (unpaired) electrons. The van der Waals surface area contributed by atoms with Crippen LogP contribution in [-0.4, -0.2) is 30.2 Å². The molecule has 98 valence electrons. The molecule has 5 heteroatoms. The summed E-state index contributed by atoms with van der Waals surface area (Å²) in [6, 6.07) is 6.38. The second-order valence-electron chi connectivity index (χ2n) is 3.83. The number of carboxylic acids is 1. The summed E-state index contributed by atoms with van der Waals surface area (Å²) in [7, 11) is 0. The van der Waals surface area contributed by atoms with Gasteiger partial charge in [-0.1, -0.05) is 19.1 Å². The minimum absolute atomic E-state index is 0.0566. The molecule has 0 saturated carbocycles. The van der Waals surface area contributed by atoms with Gasteiger partial charge >= 0.3 is 5.97 Å². The summed E-state index contributed by atoms with van der Waals surface area (Å²) in [5.41, 5.74) is 1.08. The Morgan fingerprint density at radius 3 is 2.50 bits per heavy atom. The van der Waals surface area contributed by atoms with Gasteiger partial charge in [0, 0.05) is 13.2 Å². The minimum Gasteiger partial charge on any atom is -0.478 e. The van der Waals surface area contributed by atoms with Crippen molar-refractivity contribution in [3.63, 3.8) is 0 Å². The van der Waals surface area contributed by atoms with Crippen molar-refractivity contribution >= 4 is 11.9 Å².